The van der Waals surface area contributed by atoms with E-state index in [4.69, 9.17) is 10.1 Å². The van der Waals surface area contributed by atoms with Gasteiger partial charge in [0.25, 0.3) is 5.91 Å². The quantitative estimate of drug-likeness (QED) is 0.723. The van der Waals surface area contributed by atoms with Crippen LogP contribution in [0.4, 0.5) is 0 Å². The van der Waals surface area contributed by atoms with Crippen LogP contribution < -0.4 is 0 Å². The zero-order valence-electron chi connectivity index (χ0n) is 15.6. The predicted octanol–water partition coefficient (Wildman–Crippen LogP) is 3.23. The highest BCUT2D eigenvalue weighted by Gasteiger charge is 2.23. The van der Waals surface area contributed by atoms with Crippen molar-refractivity contribution in [2.75, 3.05) is 13.1 Å². The van der Waals surface area contributed by atoms with E-state index in [1.165, 1.54) is 4.90 Å². The normalized spacial score (nSPS) is 11.1. The van der Waals surface area contributed by atoms with Crippen molar-refractivity contribution < 1.29 is 14.7 Å². The lowest BCUT2D eigenvalue weighted by Crippen LogP contribution is -2.35. The number of carbonyl (C=O) groups excluding carboxylic acids is 1. The SMILES string of the molecule is CCN(CC(=O)O)C(=O)c1cc(-c2ccccc2)nc2c1cnn2C(C)C. The third-order valence-electron chi connectivity index (χ3n) is 4.35. The fourth-order valence-corrected chi connectivity index (χ4v) is 2.99. The molecule has 7 heteroatoms. The lowest BCUT2D eigenvalue weighted by Gasteiger charge is -2.19. The van der Waals surface area contributed by atoms with Crippen molar-refractivity contribution in [1.82, 2.24) is 19.7 Å². The van der Waals surface area contributed by atoms with Gasteiger partial charge in [-0.05, 0) is 26.8 Å². The van der Waals surface area contributed by atoms with Gasteiger partial charge in [-0.15, -0.1) is 0 Å². The van der Waals surface area contributed by atoms with Crippen LogP contribution in [0.25, 0.3) is 22.3 Å². The van der Waals surface area contributed by atoms with E-state index >= 15 is 0 Å². The Morgan fingerprint density at radius 2 is 1.93 bits per heavy atom. The summed E-state index contributed by atoms with van der Waals surface area (Å²) in [5, 5.41) is 14.1. The molecule has 1 amide bonds. The summed E-state index contributed by atoms with van der Waals surface area (Å²) in [6.45, 7) is 5.70. The molecule has 140 valence electrons. The zero-order chi connectivity index (χ0) is 19.6. The molecule has 2 heterocycles. The van der Waals surface area contributed by atoms with E-state index in [2.05, 4.69) is 5.10 Å². The number of fused-ring (bicyclic) bond motifs is 1. The highest BCUT2D eigenvalue weighted by Crippen LogP contribution is 2.27. The summed E-state index contributed by atoms with van der Waals surface area (Å²) in [6.07, 6.45) is 1.62. The summed E-state index contributed by atoms with van der Waals surface area (Å²) >= 11 is 0. The minimum atomic E-state index is -1.04. The minimum absolute atomic E-state index is 0.0743. The molecule has 0 saturated carbocycles. The first-order valence-electron chi connectivity index (χ1n) is 8.87. The summed E-state index contributed by atoms with van der Waals surface area (Å²) in [7, 11) is 0. The Hall–Kier alpha value is -3.22. The molecule has 0 radical (unpaired) electrons. The van der Waals surface area contributed by atoms with Crippen LogP contribution in [-0.2, 0) is 4.79 Å². The van der Waals surface area contributed by atoms with Crippen LogP contribution >= 0.6 is 0 Å². The monoisotopic (exact) mass is 366 g/mol. The number of hydrogen-bond acceptors (Lipinski definition) is 4. The van der Waals surface area contributed by atoms with Gasteiger partial charge in [-0.25, -0.2) is 9.67 Å². The predicted molar refractivity (Wildman–Crippen MR) is 103 cm³/mol. The number of carboxylic acid groups (broad SMARTS) is 1. The molecule has 3 rings (SSSR count). The van der Waals surface area contributed by atoms with Crippen molar-refractivity contribution in [2.45, 2.75) is 26.8 Å². The van der Waals surface area contributed by atoms with E-state index in [-0.39, 0.29) is 18.5 Å². The molecule has 0 atom stereocenters. The Kier molecular flexibility index (Phi) is 5.21. The van der Waals surface area contributed by atoms with Crippen LogP contribution in [0.5, 0.6) is 0 Å². The first kappa shape index (κ1) is 18.6. The Labute approximate surface area is 157 Å². The Morgan fingerprint density at radius 3 is 2.52 bits per heavy atom. The van der Waals surface area contributed by atoms with Crippen molar-refractivity contribution >= 4 is 22.9 Å². The van der Waals surface area contributed by atoms with Gasteiger partial charge in [0, 0.05) is 18.2 Å². The molecule has 0 bridgehead atoms. The van der Waals surface area contributed by atoms with Gasteiger partial charge in [0.2, 0.25) is 0 Å². The number of benzene rings is 1. The fraction of sp³-hybridized carbons (Fsp3) is 0.300. The molecule has 0 aliphatic carbocycles. The van der Waals surface area contributed by atoms with Crippen molar-refractivity contribution in [3.63, 3.8) is 0 Å². The van der Waals surface area contributed by atoms with Crippen molar-refractivity contribution in [3.8, 4) is 11.3 Å². The summed E-state index contributed by atoms with van der Waals surface area (Å²) < 4.78 is 1.77. The highest BCUT2D eigenvalue weighted by molar-refractivity contribution is 6.07. The standard InChI is InChI=1S/C20H22N4O3/c1-4-23(12-18(25)26)20(27)15-10-17(14-8-6-5-7-9-14)22-19-16(15)11-21-24(19)13(2)3/h5-11,13H,4,12H2,1-3H3,(H,25,26). The molecule has 2 aromatic heterocycles. The number of hydrogen-bond donors (Lipinski definition) is 1. The van der Waals surface area contributed by atoms with E-state index in [0.29, 0.717) is 28.8 Å². The third-order valence-corrected chi connectivity index (χ3v) is 4.35. The largest absolute Gasteiger partial charge is 0.480 e. The van der Waals surface area contributed by atoms with Crippen LogP contribution in [0.1, 0.15) is 37.2 Å². The number of pyridine rings is 1. The van der Waals surface area contributed by atoms with Crippen LogP contribution in [-0.4, -0.2) is 49.7 Å². The number of rotatable bonds is 6. The first-order chi connectivity index (χ1) is 12.9. The average molecular weight is 366 g/mol. The molecule has 1 aromatic carbocycles. The first-order valence-corrected chi connectivity index (χ1v) is 8.87. The van der Waals surface area contributed by atoms with E-state index in [1.54, 1.807) is 23.9 Å². The van der Waals surface area contributed by atoms with E-state index < -0.39 is 5.97 Å². The second-order valence-corrected chi connectivity index (χ2v) is 6.55. The maximum absolute atomic E-state index is 13.1. The second-order valence-electron chi connectivity index (χ2n) is 6.55. The van der Waals surface area contributed by atoms with Crippen LogP contribution in [0.2, 0.25) is 0 Å². The molecule has 3 aromatic rings. The van der Waals surface area contributed by atoms with Crippen molar-refractivity contribution in [1.29, 1.82) is 0 Å². The molecule has 0 aliphatic heterocycles. The number of carboxylic acids is 1. The Morgan fingerprint density at radius 1 is 1.22 bits per heavy atom. The molecule has 0 fully saturated rings. The van der Waals surface area contributed by atoms with Gasteiger partial charge in [-0.2, -0.15) is 5.10 Å². The molecule has 0 saturated heterocycles. The van der Waals surface area contributed by atoms with Gasteiger partial charge in [0.1, 0.15) is 6.54 Å². The number of aliphatic carboxylic acids is 1. The second kappa shape index (κ2) is 7.57. The van der Waals surface area contributed by atoms with Crippen LogP contribution in [0, 0.1) is 0 Å². The number of likely N-dealkylation sites (N-methyl/N-ethyl adjacent to an activating group) is 1. The number of carbonyl (C=O) groups is 2. The number of aromatic nitrogens is 3. The molecular formula is C20H22N4O3. The van der Waals surface area contributed by atoms with E-state index in [0.717, 1.165) is 5.56 Å². The van der Waals surface area contributed by atoms with Crippen molar-refractivity contribution in [3.05, 3.63) is 48.2 Å². The van der Waals surface area contributed by atoms with Gasteiger partial charge in [-0.1, -0.05) is 30.3 Å². The van der Waals surface area contributed by atoms with Crippen LogP contribution in [0.15, 0.2) is 42.6 Å². The maximum Gasteiger partial charge on any atom is 0.323 e. The van der Waals surface area contributed by atoms with Crippen LogP contribution in [0.3, 0.4) is 0 Å². The Balaban J connectivity index is 2.21. The maximum atomic E-state index is 13.1. The summed E-state index contributed by atoms with van der Waals surface area (Å²) in [4.78, 5) is 30.2. The van der Waals surface area contributed by atoms with E-state index in [9.17, 15) is 9.59 Å². The molecule has 0 spiro atoms. The zero-order valence-corrected chi connectivity index (χ0v) is 15.6. The third kappa shape index (κ3) is 3.67. The number of amides is 1. The lowest BCUT2D eigenvalue weighted by molar-refractivity contribution is -0.137. The van der Waals surface area contributed by atoms with Gasteiger partial charge >= 0.3 is 5.97 Å². The van der Waals surface area contributed by atoms with Gasteiger partial charge in [-0.3, -0.25) is 9.59 Å². The topological polar surface area (TPSA) is 88.3 Å². The lowest BCUT2D eigenvalue weighted by atomic mass is 10.1. The summed E-state index contributed by atoms with van der Waals surface area (Å²) in [5.41, 5.74) is 2.56. The summed E-state index contributed by atoms with van der Waals surface area (Å²) in [6, 6.07) is 11.4. The molecule has 0 aliphatic rings. The average Bonchev–Trinajstić information content (AvgIpc) is 3.09. The molecule has 1 N–H and O–H groups in total. The van der Waals surface area contributed by atoms with Gasteiger partial charge in [0.05, 0.1) is 22.8 Å². The minimum Gasteiger partial charge on any atom is -0.480 e. The highest BCUT2D eigenvalue weighted by atomic mass is 16.4. The molecule has 0 unspecified atom stereocenters. The summed E-state index contributed by atoms with van der Waals surface area (Å²) in [5.74, 6) is -1.38. The Bertz CT molecular complexity index is 980. The number of nitrogens with zero attached hydrogens (tertiary/aromatic N) is 4. The van der Waals surface area contributed by atoms with Gasteiger partial charge < -0.3 is 10.0 Å². The van der Waals surface area contributed by atoms with Crippen molar-refractivity contribution in [2.24, 2.45) is 0 Å². The smallest absolute Gasteiger partial charge is 0.323 e. The molecule has 7 nitrogen and oxygen atoms in total. The van der Waals surface area contributed by atoms with E-state index in [1.807, 2.05) is 44.2 Å². The fourth-order valence-electron chi connectivity index (χ4n) is 2.99. The molecule has 27 heavy (non-hydrogen) atoms. The van der Waals surface area contributed by atoms with Gasteiger partial charge in [0.15, 0.2) is 5.65 Å². The molecular weight excluding hydrogens is 344 g/mol.